The maximum Gasteiger partial charge on any atom is 0.295 e. The van der Waals surface area contributed by atoms with Crippen molar-refractivity contribution in [2.24, 2.45) is 0 Å². The van der Waals surface area contributed by atoms with Crippen LogP contribution in [0.25, 0.3) is 5.76 Å². The number of aliphatic hydroxyl groups is 1. The molecule has 0 aliphatic carbocycles. The molecule has 1 saturated heterocycles. The first-order valence-electron chi connectivity index (χ1n) is 14.3. The predicted molar refractivity (Wildman–Crippen MR) is 156 cm³/mol. The summed E-state index contributed by atoms with van der Waals surface area (Å²) in [5.41, 5.74) is 1.08. The van der Waals surface area contributed by atoms with Crippen LogP contribution in [-0.2, 0) is 16.1 Å². The predicted octanol–water partition coefficient (Wildman–Crippen LogP) is 5.76. The second kappa shape index (κ2) is 14.4. The number of rotatable bonds is 15. The zero-order chi connectivity index (χ0) is 29.2. The molecule has 1 fully saturated rings. The van der Waals surface area contributed by atoms with Crippen molar-refractivity contribution in [3.8, 4) is 17.2 Å². The quantitative estimate of drug-likeness (QED) is 0.109. The van der Waals surface area contributed by atoms with Crippen LogP contribution < -0.4 is 14.2 Å². The number of unbranched alkanes of at least 4 members (excludes halogenated alkanes) is 2. The minimum Gasteiger partial charge on any atom is -0.507 e. The molecule has 1 aromatic heterocycles. The third-order valence-corrected chi connectivity index (χ3v) is 7.05. The number of nitrogens with zero attached hydrogens (tertiary/aromatic N) is 3. The van der Waals surface area contributed by atoms with E-state index in [0.29, 0.717) is 61.1 Å². The van der Waals surface area contributed by atoms with Crippen LogP contribution in [0.1, 0.15) is 63.1 Å². The summed E-state index contributed by atoms with van der Waals surface area (Å²) in [5.74, 6) is 0.0413. The summed E-state index contributed by atoms with van der Waals surface area (Å²) in [4.78, 5) is 32.5. The molecule has 4 rings (SSSR count). The zero-order valence-corrected chi connectivity index (χ0v) is 24.0. The van der Waals surface area contributed by atoms with Gasteiger partial charge < -0.3 is 28.8 Å². The van der Waals surface area contributed by atoms with Crippen molar-refractivity contribution < 1.29 is 28.9 Å². The Bertz CT molecular complexity index is 1350. The average Bonchev–Trinajstić information content (AvgIpc) is 3.60. The van der Waals surface area contributed by atoms with Gasteiger partial charge in [-0.15, -0.1) is 0 Å². The van der Waals surface area contributed by atoms with Gasteiger partial charge in [-0.05, 0) is 49.1 Å². The second-order valence-electron chi connectivity index (χ2n) is 9.99. The minimum atomic E-state index is -0.805. The molecule has 41 heavy (non-hydrogen) atoms. The Labute approximate surface area is 241 Å². The third kappa shape index (κ3) is 7.09. The number of ketones is 1. The van der Waals surface area contributed by atoms with Crippen molar-refractivity contribution in [3.63, 3.8) is 0 Å². The van der Waals surface area contributed by atoms with Crippen molar-refractivity contribution in [1.29, 1.82) is 0 Å². The molecule has 1 unspecified atom stereocenters. The van der Waals surface area contributed by atoms with E-state index in [4.69, 9.17) is 14.2 Å². The van der Waals surface area contributed by atoms with Gasteiger partial charge in [0.15, 0.2) is 11.5 Å². The van der Waals surface area contributed by atoms with E-state index in [2.05, 4.69) is 18.8 Å². The molecule has 2 aromatic carbocycles. The lowest BCUT2D eigenvalue weighted by atomic mass is 9.95. The van der Waals surface area contributed by atoms with Crippen molar-refractivity contribution in [2.45, 2.75) is 58.5 Å². The summed E-state index contributed by atoms with van der Waals surface area (Å²) in [6.45, 7) is 6.21. The van der Waals surface area contributed by atoms with Gasteiger partial charge in [-0.1, -0.05) is 44.9 Å². The summed E-state index contributed by atoms with van der Waals surface area (Å²) >= 11 is 0. The Kier molecular flexibility index (Phi) is 10.4. The molecular weight excluding hydrogens is 522 g/mol. The molecule has 9 heteroatoms. The number of amides is 1. The normalized spacial score (nSPS) is 16.3. The number of Topliss-reactive ketones (excluding diaryl/α,β-unsaturated/α-hetero) is 1. The van der Waals surface area contributed by atoms with E-state index in [9.17, 15) is 14.7 Å². The highest BCUT2D eigenvalue weighted by molar-refractivity contribution is 6.46. The van der Waals surface area contributed by atoms with Crippen molar-refractivity contribution >= 4 is 17.4 Å². The molecule has 0 bridgehead atoms. The number of benzene rings is 2. The highest BCUT2D eigenvalue weighted by atomic mass is 16.5. The van der Waals surface area contributed by atoms with E-state index in [1.165, 1.54) is 4.90 Å². The molecule has 1 amide bonds. The van der Waals surface area contributed by atoms with Crippen LogP contribution in [0.15, 0.2) is 66.8 Å². The number of aryl methyl sites for hydroxylation is 1. The summed E-state index contributed by atoms with van der Waals surface area (Å²) in [5, 5.41) is 11.5. The molecular formula is C32H39N3O6. The lowest BCUT2D eigenvalue weighted by Gasteiger charge is -2.26. The third-order valence-electron chi connectivity index (χ3n) is 7.05. The summed E-state index contributed by atoms with van der Waals surface area (Å²) in [7, 11) is 1.55. The van der Waals surface area contributed by atoms with Gasteiger partial charge in [-0.3, -0.25) is 9.59 Å². The summed E-state index contributed by atoms with van der Waals surface area (Å²) < 4.78 is 19.3. The number of carbonyl (C=O) groups is 2. The molecule has 1 N–H and O–H groups in total. The number of ether oxygens (including phenoxy) is 3. The molecule has 0 saturated carbocycles. The van der Waals surface area contributed by atoms with Crippen molar-refractivity contribution in [1.82, 2.24) is 14.5 Å². The van der Waals surface area contributed by atoms with Gasteiger partial charge in [-0.25, -0.2) is 4.98 Å². The fourth-order valence-corrected chi connectivity index (χ4v) is 4.82. The Morgan fingerprint density at radius 3 is 2.44 bits per heavy atom. The van der Waals surface area contributed by atoms with E-state index in [1.54, 1.807) is 56.0 Å². The van der Waals surface area contributed by atoms with E-state index < -0.39 is 17.7 Å². The number of methoxy groups -OCH3 is 1. The van der Waals surface area contributed by atoms with Crippen LogP contribution in [0, 0.1) is 0 Å². The molecule has 9 nitrogen and oxygen atoms in total. The summed E-state index contributed by atoms with van der Waals surface area (Å²) in [6, 6.07) is 11.5. The maximum atomic E-state index is 13.5. The van der Waals surface area contributed by atoms with E-state index in [1.807, 2.05) is 16.8 Å². The highest BCUT2D eigenvalue weighted by Crippen LogP contribution is 2.42. The van der Waals surface area contributed by atoms with Crippen LogP contribution in [0.5, 0.6) is 17.2 Å². The van der Waals surface area contributed by atoms with E-state index in [-0.39, 0.29) is 11.3 Å². The largest absolute Gasteiger partial charge is 0.507 e. The van der Waals surface area contributed by atoms with Crippen molar-refractivity contribution in [3.05, 3.63) is 77.9 Å². The van der Waals surface area contributed by atoms with Crippen LogP contribution in [0.2, 0.25) is 0 Å². The molecule has 1 atom stereocenters. The number of aromatic nitrogens is 2. The van der Waals surface area contributed by atoms with E-state index >= 15 is 0 Å². The number of likely N-dealkylation sites (tertiary alicyclic amines) is 1. The van der Waals surface area contributed by atoms with E-state index in [0.717, 1.165) is 25.7 Å². The Morgan fingerprint density at radius 2 is 1.73 bits per heavy atom. The molecule has 3 aromatic rings. The highest BCUT2D eigenvalue weighted by Gasteiger charge is 2.46. The first kappa shape index (κ1) is 29.7. The van der Waals surface area contributed by atoms with Gasteiger partial charge in [0.05, 0.1) is 38.3 Å². The first-order chi connectivity index (χ1) is 20.0. The van der Waals surface area contributed by atoms with Crippen molar-refractivity contribution in [2.75, 3.05) is 26.9 Å². The van der Waals surface area contributed by atoms with Crippen LogP contribution in [0.4, 0.5) is 0 Å². The number of hydrogen-bond donors (Lipinski definition) is 1. The Morgan fingerprint density at radius 1 is 0.951 bits per heavy atom. The van der Waals surface area contributed by atoms with Crippen LogP contribution >= 0.6 is 0 Å². The number of aliphatic hydroxyl groups excluding tert-OH is 1. The van der Waals surface area contributed by atoms with Gasteiger partial charge in [0.1, 0.15) is 11.5 Å². The fraction of sp³-hybridized carbons (Fsp3) is 0.406. The number of hydrogen-bond acceptors (Lipinski definition) is 7. The monoisotopic (exact) mass is 561 g/mol. The molecule has 1 aliphatic heterocycles. The van der Waals surface area contributed by atoms with Gasteiger partial charge in [0, 0.05) is 31.0 Å². The SMILES string of the molecule is CCCCOc1cccc(/C(O)=C2\C(=O)C(=O)N(CCCn3ccnc3)C2c2ccc(OCCCC)c(OC)c2)c1. The lowest BCUT2D eigenvalue weighted by molar-refractivity contribution is -0.139. The summed E-state index contributed by atoms with van der Waals surface area (Å²) in [6.07, 6.45) is 9.66. The number of imidazole rings is 1. The average molecular weight is 562 g/mol. The Hall–Kier alpha value is -4.27. The fourth-order valence-electron chi connectivity index (χ4n) is 4.82. The van der Waals surface area contributed by atoms with Crippen LogP contribution in [-0.4, -0.2) is 58.1 Å². The number of carbonyl (C=O) groups excluding carboxylic acids is 2. The molecule has 0 radical (unpaired) electrons. The minimum absolute atomic E-state index is 0.0324. The topological polar surface area (TPSA) is 103 Å². The maximum absolute atomic E-state index is 13.5. The second-order valence-corrected chi connectivity index (χ2v) is 9.99. The molecule has 0 spiro atoms. The van der Waals surface area contributed by atoms with Crippen LogP contribution in [0.3, 0.4) is 0 Å². The molecule has 218 valence electrons. The standard InChI is InChI=1S/C32H39N3O6/c1-4-6-18-40-25-11-8-10-24(20-25)30(36)28-29(23-12-13-26(27(21-23)39-3)41-19-7-5-2)35(32(38)31(28)37)16-9-15-34-17-14-33-22-34/h8,10-14,17,20-22,29,36H,4-7,9,15-16,18-19H2,1-3H3/b30-28+. The molecule has 1 aliphatic rings. The first-order valence-corrected chi connectivity index (χ1v) is 14.3. The zero-order valence-electron chi connectivity index (χ0n) is 24.0. The van der Waals surface area contributed by atoms with Gasteiger partial charge in [0.2, 0.25) is 0 Å². The van der Waals surface area contributed by atoms with Gasteiger partial charge in [0.25, 0.3) is 11.7 Å². The van der Waals surface area contributed by atoms with Gasteiger partial charge >= 0.3 is 0 Å². The molecule has 2 heterocycles. The smallest absolute Gasteiger partial charge is 0.295 e. The Balaban J connectivity index is 1.72. The van der Waals surface area contributed by atoms with Gasteiger partial charge in [-0.2, -0.15) is 0 Å². The lowest BCUT2D eigenvalue weighted by Crippen LogP contribution is -2.31.